The molecule has 1 aliphatic rings. The number of benzene rings is 3. The van der Waals surface area contributed by atoms with E-state index in [0.717, 1.165) is 54.7 Å². The molecule has 0 aliphatic carbocycles. The molecule has 0 aromatic heterocycles. The molecule has 180 valence electrons. The number of para-hydroxylation sites is 2. The second kappa shape index (κ2) is 14.2. The second-order valence-corrected chi connectivity index (χ2v) is 8.82. The molecule has 0 saturated carbocycles. The van der Waals surface area contributed by atoms with Gasteiger partial charge < -0.3 is 10.2 Å². The highest BCUT2D eigenvalue weighted by Gasteiger charge is 2.16. The lowest BCUT2D eigenvalue weighted by Gasteiger charge is -2.17. The summed E-state index contributed by atoms with van der Waals surface area (Å²) in [5.41, 5.74) is 4.15. The minimum Gasteiger partial charge on any atom is -0.342 e. The van der Waals surface area contributed by atoms with Crippen LogP contribution in [0.4, 0.5) is 11.4 Å². The lowest BCUT2D eigenvalue weighted by Crippen LogP contribution is -2.26. The third kappa shape index (κ3) is 7.60. The number of hydrogen-bond acceptors (Lipinski definition) is 4. The van der Waals surface area contributed by atoms with Crippen molar-refractivity contribution in [1.82, 2.24) is 4.90 Å². The van der Waals surface area contributed by atoms with Crippen molar-refractivity contribution in [2.75, 3.05) is 31.5 Å². The van der Waals surface area contributed by atoms with Gasteiger partial charge in [-0.25, -0.2) is 0 Å². The molecule has 4 rings (SSSR count). The van der Waals surface area contributed by atoms with Crippen molar-refractivity contribution >= 4 is 59.5 Å². The van der Waals surface area contributed by atoms with E-state index in [0.29, 0.717) is 6.42 Å². The molecule has 0 amide bonds. The van der Waals surface area contributed by atoms with E-state index >= 15 is 0 Å². The molecule has 1 aliphatic heterocycles. The van der Waals surface area contributed by atoms with Crippen molar-refractivity contribution in [3.8, 4) is 0 Å². The maximum Gasteiger partial charge on any atom is 0.107 e. The number of nitrogens with zero attached hydrogens (tertiary/aromatic N) is 3. The highest BCUT2D eigenvalue weighted by atomic mass is 35.5. The summed E-state index contributed by atoms with van der Waals surface area (Å²) in [7, 11) is 0. The molecule has 0 fully saturated rings. The number of likely N-dealkylation sites (N-methyl/N-ethyl adjacent to an activating group) is 1. The minimum atomic E-state index is 0. The third-order valence-corrected chi connectivity index (χ3v) is 6.57. The molecule has 1 heterocycles. The maximum atomic E-state index is 5.00. The molecule has 0 bridgehead atoms. The third-order valence-electron chi connectivity index (χ3n) is 5.55. The average molecular weight is 516 g/mol. The van der Waals surface area contributed by atoms with Crippen LogP contribution in [0.5, 0.6) is 0 Å². The molecule has 0 atom stereocenters. The molecule has 3 aromatic rings. The molecular formula is C27H32Cl2N4S. The summed E-state index contributed by atoms with van der Waals surface area (Å²) < 4.78 is 0. The first-order chi connectivity index (χ1) is 15.7. The Balaban J connectivity index is 0.00000204. The lowest BCUT2D eigenvalue weighted by molar-refractivity contribution is 0.313. The van der Waals surface area contributed by atoms with E-state index < -0.39 is 0 Å². The van der Waals surface area contributed by atoms with Gasteiger partial charge >= 0.3 is 0 Å². The fraction of sp³-hybridized carbons (Fsp3) is 0.259. The topological polar surface area (TPSA) is 40.0 Å². The van der Waals surface area contributed by atoms with Gasteiger partial charge in [-0.3, -0.25) is 9.98 Å². The molecule has 0 saturated heterocycles. The van der Waals surface area contributed by atoms with Crippen LogP contribution >= 0.6 is 36.6 Å². The number of rotatable bonds is 8. The Morgan fingerprint density at radius 1 is 0.853 bits per heavy atom. The first kappa shape index (κ1) is 27.9. The van der Waals surface area contributed by atoms with E-state index in [1.54, 1.807) is 11.8 Å². The fourth-order valence-corrected chi connectivity index (χ4v) is 4.53. The maximum absolute atomic E-state index is 5.00. The van der Waals surface area contributed by atoms with Crippen LogP contribution in [0.15, 0.2) is 98.6 Å². The Kier molecular flexibility index (Phi) is 11.6. The van der Waals surface area contributed by atoms with Gasteiger partial charge in [-0.2, -0.15) is 0 Å². The van der Waals surface area contributed by atoms with Crippen LogP contribution in [0.1, 0.15) is 25.8 Å². The highest BCUT2D eigenvalue weighted by Crippen LogP contribution is 2.31. The second-order valence-electron chi connectivity index (χ2n) is 7.67. The van der Waals surface area contributed by atoms with Gasteiger partial charge in [0, 0.05) is 22.8 Å². The molecule has 7 heteroatoms. The molecule has 1 N–H and O–H groups in total. The highest BCUT2D eigenvalue weighted by molar-refractivity contribution is 7.99. The summed E-state index contributed by atoms with van der Waals surface area (Å²) in [4.78, 5) is 14.8. The van der Waals surface area contributed by atoms with Crippen molar-refractivity contribution in [3.63, 3.8) is 0 Å². The normalized spacial score (nSPS) is 13.7. The van der Waals surface area contributed by atoms with Crippen LogP contribution in [-0.4, -0.2) is 42.6 Å². The first-order valence-electron chi connectivity index (χ1n) is 11.3. The van der Waals surface area contributed by atoms with E-state index in [1.807, 2.05) is 18.2 Å². The smallest absolute Gasteiger partial charge is 0.107 e. The number of aliphatic imine (C=N–C) groups is 2. The van der Waals surface area contributed by atoms with Crippen LogP contribution in [0, 0.1) is 0 Å². The summed E-state index contributed by atoms with van der Waals surface area (Å²) in [6, 6.07) is 27.4. The van der Waals surface area contributed by atoms with Gasteiger partial charge in [0.2, 0.25) is 0 Å². The zero-order valence-electron chi connectivity index (χ0n) is 19.6. The monoisotopic (exact) mass is 514 g/mol. The Morgan fingerprint density at radius 2 is 1.50 bits per heavy atom. The quantitative estimate of drug-likeness (QED) is 0.341. The van der Waals surface area contributed by atoms with E-state index in [4.69, 9.17) is 9.98 Å². The Hall–Kier alpha value is -2.31. The van der Waals surface area contributed by atoms with Crippen LogP contribution in [0.25, 0.3) is 0 Å². The van der Waals surface area contributed by atoms with Gasteiger partial charge in [-0.05, 0) is 55.1 Å². The van der Waals surface area contributed by atoms with Crippen LogP contribution < -0.4 is 5.32 Å². The van der Waals surface area contributed by atoms with Gasteiger partial charge in [0.25, 0.3) is 0 Å². The van der Waals surface area contributed by atoms with Crippen molar-refractivity contribution in [1.29, 1.82) is 0 Å². The molecule has 0 spiro atoms. The summed E-state index contributed by atoms with van der Waals surface area (Å²) in [6.07, 6.45) is 0.693. The van der Waals surface area contributed by atoms with E-state index in [1.165, 1.54) is 9.79 Å². The Morgan fingerprint density at radius 3 is 2.21 bits per heavy atom. The number of halogens is 2. The Bertz CT molecular complexity index is 1080. The zero-order valence-corrected chi connectivity index (χ0v) is 22.1. The SMILES string of the molecule is CCN(CC)CCN=C1CC(c2ccc(Sc3ccccc3)cc2)=Nc2ccccc2N1.Cl.Cl. The summed E-state index contributed by atoms with van der Waals surface area (Å²) in [5.74, 6) is 0.976. The molecule has 34 heavy (non-hydrogen) atoms. The number of nitrogens with one attached hydrogen (secondary N) is 1. The molecule has 0 unspecified atom stereocenters. The molecule has 4 nitrogen and oxygen atoms in total. The average Bonchev–Trinajstić information content (AvgIpc) is 3.02. The van der Waals surface area contributed by atoms with E-state index in [-0.39, 0.29) is 24.8 Å². The van der Waals surface area contributed by atoms with Gasteiger partial charge in [-0.1, -0.05) is 68.1 Å². The number of hydrogen-bond donors (Lipinski definition) is 1. The summed E-state index contributed by atoms with van der Waals surface area (Å²) in [6.45, 7) is 8.25. The zero-order chi connectivity index (χ0) is 22.2. The minimum absolute atomic E-state index is 0. The predicted molar refractivity (Wildman–Crippen MR) is 152 cm³/mol. The lowest BCUT2D eigenvalue weighted by atomic mass is 10.1. The standard InChI is InChI=1S/C27H30N4S.2ClH/c1-3-31(4-2)19-18-28-27-20-26(29-24-12-8-9-13-25(24)30-27)21-14-16-23(17-15-21)32-22-10-6-5-7-11-22;;/h5-17H,3-4,18-20H2,1-2H3,(H,28,30);2*1H. The summed E-state index contributed by atoms with van der Waals surface area (Å²) in [5, 5.41) is 3.53. The van der Waals surface area contributed by atoms with Gasteiger partial charge in [0.1, 0.15) is 5.84 Å². The summed E-state index contributed by atoms with van der Waals surface area (Å²) >= 11 is 1.77. The number of anilines is 1. The van der Waals surface area contributed by atoms with Gasteiger partial charge in [0.15, 0.2) is 0 Å². The van der Waals surface area contributed by atoms with Gasteiger partial charge in [-0.15, -0.1) is 24.8 Å². The van der Waals surface area contributed by atoms with Crippen molar-refractivity contribution < 1.29 is 0 Å². The molecular weight excluding hydrogens is 483 g/mol. The first-order valence-corrected chi connectivity index (χ1v) is 12.1. The van der Waals surface area contributed by atoms with Crippen LogP contribution in [0.2, 0.25) is 0 Å². The predicted octanol–water partition coefficient (Wildman–Crippen LogP) is 7.36. The number of amidine groups is 1. The number of fused-ring (bicyclic) bond motifs is 1. The largest absolute Gasteiger partial charge is 0.342 e. The fourth-order valence-electron chi connectivity index (χ4n) is 3.69. The molecule has 0 radical (unpaired) electrons. The van der Waals surface area contributed by atoms with E-state index in [2.05, 4.69) is 84.7 Å². The Labute approximate surface area is 219 Å². The van der Waals surface area contributed by atoms with Crippen molar-refractivity contribution in [2.45, 2.75) is 30.1 Å². The van der Waals surface area contributed by atoms with Gasteiger partial charge in [0.05, 0.1) is 23.6 Å². The van der Waals surface area contributed by atoms with Crippen LogP contribution in [-0.2, 0) is 0 Å². The molecule has 3 aromatic carbocycles. The van der Waals surface area contributed by atoms with Crippen LogP contribution in [0.3, 0.4) is 0 Å². The van der Waals surface area contributed by atoms with Crippen molar-refractivity contribution in [2.24, 2.45) is 9.98 Å². The van der Waals surface area contributed by atoms with Crippen molar-refractivity contribution in [3.05, 3.63) is 84.4 Å². The van der Waals surface area contributed by atoms with E-state index in [9.17, 15) is 0 Å².